The highest BCUT2D eigenvalue weighted by molar-refractivity contribution is 7.12. The van der Waals surface area contributed by atoms with Crippen molar-refractivity contribution in [3.63, 3.8) is 0 Å². The van der Waals surface area contributed by atoms with Gasteiger partial charge in [-0.25, -0.2) is 4.39 Å². The molecular weight excluding hydrogens is 363 g/mol. The first-order valence-corrected chi connectivity index (χ1v) is 9.36. The SMILES string of the molecule is O=C(NCCC(=O)N(Cc1c(F)cccc1Cl)C1CC1)c1cccs1. The van der Waals surface area contributed by atoms with Crippen molar-refractivity contribution < 1.29 is 14.0 Å². The Morgan fingerprint density at radius 1 is 1.28 bits per heavy atom. The van der Waals surface area contributed by atoms with Gasteiger partial charge in [0.2, 0.25) is 5.91 Å². The fraction of sp³-hybridized carbons (Fsp3) is 0.333. The Hall–Kier alpha value is -1.92. The lowest BCUT2D eigenvalue weighted by Crippen LogP contribution is -2.36. The predicted octanol–water partition coefficient (Wildman–Crippen LogP) is 3.85. The predicted molar refractivity (Wildman–Crippen MR) is 96.3 cm³/mol. The molecule has 7 heteroatoms. The third-order valence-electron chi connectivity index (χ3n) is 4.07. The Bertz CT molecular complexity index is 742. The van der Waals surface area contributed by atoms with E-state index in [4.69, 9.17) is 11.6 Å². The van der Waals surface area contributed by atoms with Gasteiger partial charge in [0.15, 0.2) is 0 Å². The first kappa shape index (κ1) is 17.9. The molecule has 0 aliphatic heterocycles. The number of carbonyl (C=O) groups excluding carboxylic acids is 2. The Morgan fingerprint density at radius 2 is 2.08 bits per heavy atom. The Kier molecular flexibility index (Phi) is 5.71. The van der Waals surface area contributed by atoms with E-state index in [0.717, 1.165) is 12.8 Å². The van der Waals surface area contributed by atoms with Crippen LogP contribution in [0.15, 0.2) is 35.7 Å². The molecule has 1 aromatic heterocycles. The van der Waals surface area contributed by atoms with Gasteiger partial charge in [0.05, 0.1) is 11.4 Å². The number of thiophene rings is 1. The molecular formula is C18H18ClFN2O2S. The quantitative estimate of drug-likeness (QED) is 0.793. The molecule has 25 heavy (non-hydrogen) atoms. The maximum Gasteiger partial charge on any atom is 0.261 e. The number of rotatable bonds is 7. The van der Waals surface area contributed by atoms with Crippen molar-refractivity contribution in [1.82, 2.24) is 10.2 Å². The van der Waals surface area contributed by atoms with Crippen LogP contribution in [0.3, 0.4) is 0 Å². The van der Waals surface area contributed by atoms with E-state index in [-0.39, 0.29) is 37.4 Å². The molecule has 3 rings (SSSR count). The lowest BCUT2D eigenvalue weighted by atomic mass is 10.2. The largest absolute Gasteiger partial charge is 0.351 e. The van der Waals surface area contributed by atoms with Crippen molar-refractivity contribution >= 4 is 34.8 Å². The van der Waals surface area contributed by atoms with Crippen LogP contribution in [0.25, 0.3) is 0 Å². The number of benzene rings is 1. The molecule has 0 spiro atoms. The molecule has 0 atom stereocenters. The lowest BCUT2D eigenvalue weighted by molar-refractivity contribution is -0.132. The van der Waals surface area contributed by atoms with Crippen LogP contribution in [0.5, 0.6) is 0 Å². The van der Waals surface area contributed by atoms with Gasteiger partial charge < -0.3 is 10.2 Å². The molecule has 1 heterocycles. The minimum Gasteiger partial charge on any atom is -0.351 e. The number of nitrogens with zero attached hydrogens (tertiary/aromatic N) is 1. The van der Waals surface area contributed by atoms with Crippen LogP contribution in [-0.2, 0) is 11.3 Å². The summed E-state index contributed by atoms with van der Waals surface area (Å²) in [6.45, 7) is 0.414. The summed E-state index contributed by atoms with van der Waals surface area (Å²) in [7, 11) is 0. The molecule has 4 nitrogen and oxygen atoms in total. The van der Waals surface area contributed by atoms with Crippen LogP contribution in [0.2, 0.25) is 5.02 Å². The average Bonchev–Trinajstić information content (AvgIpc) is 3.26. The van der Waals surface area contributed by atoms with Crippen LogP contribution >= 0.6 is 22.9 Å². The summed E-state index contributed by atoms with van der Waals surface area (Å²) >= 11 is 7.42. The van der Waals surface area contributed by atoms with Gasteiger partial charge in [0, 0.05) is 29.6 Å². The molecule has 1 aliphatic rings. The first-order valence-electron chi connectivity index (χ1n) is 8.10. The number of carbonyl (C=O) groups is 2. The molecule has 1 fully saturated rings. The fourth-order valence-electron chi connectivity index (χ4n) is 2.58. The zero-order valence-electron chi connectivity index (χ0n) is 13.5. The average molecular weight is 381 g/mol. The summed E-state index contributed by atoms with van der Waals surface area (Å²) in [6.07, 6.45) is 2.01. The van der Waals surface area contributed by atoms with E-state index in [9.17, 15) is 14.0 Å². The molecule has 0 saturated heterocycles. The van der Waals surface area contributed by atoms with Crippen LogP contribution < -0.4 is 5.32 Å². The second-order valence-corrected chi connectivity index (χ2v) is 7.29. The summed E-state index contributed by atoms with van der Waals surface area (Å²) in [5.74, 6) is -0.692. The van der Waals surface area contributed by atoms with Crippen molar-refractivity contribution in [2.24, 2.45) is 0 Å². The molecule has 2 aromatic rings. The summed E-state index contributed by atoms with van der Waals surface area (Å²) < 4.78 is 14.0. The van der Waals surface area contributed by atoms with Gasteiger partial charge in [-0.05, 0) is 36.4 Å². The van der Waals surface area contributed by atoms with E-state index in [1.165, 1.54) is 17.4 Å². The second kappa shape index (κ2) is 7.97. The van der Waals surface area contributed by atoms with E-state index in [0.29, 0.717) is 15.5 Å². The van der Waals surface area contributed by atoms with Gasteiger partial charge in [-0.3, -0.25) is 9.59 Å². The molecule has 0 unspecified atom stereocenters. The molecule has 1 aromatic carbocycles. The van der Waals surface area contributed by atoms with Crippen molar-refractivity contribution in [2.45, 2.75) is 31.8 Å². The number of hydrogen-bond acceptors (Lipinski definition) is 3. The van der Waals surface area contributed by atoms with E-state index < -0.39 is 5.82 Å². The first-order chi connectivity index (χ1) is 12.1. The number of halogens is 2. The van der Waals surface area contributed by atoms with Crippen LogP contribution in [0.4, 0.5) is 4.39 Å². The zero-order valence-corrected chi connectivity index (χ0v) is 15.1. The van der Waals surface area contributed by atoms with Crippen molar-refractivity contribution in [3.8, 4) is 0 Å². The van der Waals surface area contributed by atoms with Crippen LogP contribution in [0, 0.1) is 5.82 Å². The number of amides is 2. The van der Waals surface area contributed by atoms with Gasteiger partial charge in [-0.15, -0.1) is 11.3 Å². The van der Waals surface area contributed by atoms with E-state index >= 15 is 0 Å². The maximum atomic E-state index is 14.0. The third-order valence-corrected chi connectivity index (χ3v) is 5.29. The monoisotopic (exact) mass is 380 g/mol. The smallest absolute Gasteiger partial charge is 0.261 e. The van der Waals surface area contributed by atoms with E-state index in [2.05, 4.69) is 5.32 Å². The van der Waals surface area contributed by atoms with Gasteiger partial charge in [0.1, 0.15) is 5.82 Å². The summed E-state index contributed by atoms with van der Waals surface area (Å²) in [6, 6.07) is 8.19. The Balaban J connectivity index is 1.57. The highest BCUT2D eigenvalue weighted by Gasteiger charge is 2.33. The van der Waals surface area contributed by atoms with Crippen LogP contribution in [0.1, 0.15) is 34.5 Å². The van der Waals surface area contributed by atoms with Crippen molar-refractivity contribution in [2.75, 3.05) is 6.54 Å². The highest BCUT2D eigenvalue weighted by atomic mass is 35.5. The minimum absolute atomic E-state index is 0.103. The molecule has 2 amide bonds. The minimum atomic E-state index is -0.406. The highest BCUT2D eigenvalue weighted by Crippen LogP contribution is 2.31. The standard InChI is InChI=1S/C18H18ClFN2O2S/c19-14-3-1-4-15(20)13(14)11-22(12-6-7-12)17(23)8-9-21-18(24)16-5-2-10-25-16/h1-5,10,12H,6-9,11H2,(H,21,24). The van der Waals surface area contributed by atoms with Crippen molar-refractivity contribution in [1.29, 1.82) is 0 Å². The van der Waals surface area contributed by atoms with E-state index in [1.807, 2.05) is 5.38 Å². The molecule has 132 valence electrons. The molecule has 0 radical (unpaired) electrons. The summed E-state index contributed by atoms with van der Waals surface area (Å²) in [4.78, 5) is 26.7. The van der Waals surface area contributed by atoms with Gasteiger partial charge in [-0.1, -0.05) is 23.7 Å². The lowest BCUT2D eigenvalue weighted by Gasteiger charge is -2.23. The Morgan fingerprint density at radius 3 is 2.72 bits per heavy atom. The topological polar surface area (TPSA) is 49.4 Å². The summed E-state index contributed by atoms with van der Waals surface area (Å²) in [5, 5.41) is 4.89. The fourth-order valence-corrected chi connectivity index (χ4v) is 3.45. The van der Waals surface area contributed by atoms with Crippen molar-refractivity contribution in [3.05, 3.63) is 57.0 Å². The molecule has 1 aliphatic carbocycles. The van der Waals surface area contributed by atoms with E-state index in [1.54, 1.807) is 29.2 Å². The van der Waals surface area contributed by atoms with Gasteiger partial charge in [0.25, 0.3) is 5.91 Å². The number of nitrogens with one attached hydrogen (secondary N) is 1. The maximum absolute atomic E-state index is 14.0. The zero-order chi connectivity index (χ0) is 17.8. The number of hydrogen-bond donors (Lipinski definition) is 1. The Labute approximate surface area is 154 Å². The molecule has 0 bridgehead atoms. The van der Waals surface area contributed by atoms with Gasteiger partial charge in [-0.2, -0.15) is 0 Å². The van der Waals surface area contributed by atoms with Crippen LogP contribution in [-0.4, -0.2) is 29.3 Å². The summed E-state index contributed by atoms with van der Waals surface area (Å²) in [5.41, 5.74) is 0.340. The van der Waals surface area contributed by atoms with Gasteiger partial charge >= 0.3 is 0 Å². The normalized spacial score (nSPS) is 13.5. The third kappa shape index (κ3) is 4.58. The molecule has 1 saturated carbocycles. The molecule has 1 N–H and O–H groups in total. The second-order valence-electron chi connectivity index (χ2n) is 5.94.